The summed E-state index contributed by atoms with van der Waals surface area (Å²) in [5, 5.41) is 0. The van der Waals surface area contributed by atoms with Crippen molar-refractivity contribution in [3.63, 3.8) is 0 Å². The van der Waals surface area contributed by atoms with Gasteiger partial charge in [0.1, 0.15) is 18.0 Å². The van der Waals surface area contributed by atoms with E-state index in [1.807, 2.05) is 48.2 Å². The summed E-state index contributed by atoms with van der Waals surface area (Å²) in [5.41, 5.74) is 1.05. The summed E-state index contributed by atoms with van der Waals surface area (Å²) in [6.45, 7) is 4.48. The molecule has 2 aliphatic heterocycles. The monoisotopic (exact) mass is 395 g/mol. The topological polar surface area (TPSA) is 72.0 Å². The molecule has 29 heavy (non-hydrogen) atoms. The van der Waals surface area contributed by atoms with Gasteiger partial charge in [0.15, 0.2) is 0 Å². The van der Waals surface area contributed by atoms with Crippen molar-refractivity contribution in [3.8, 4) is 5.75 Å². The zero-order valence-electron chi connectivity index (χ0n) is 16.5. The summed E-state index contributed by atoms with van der Waals surface area (Å²) >= 11 is 0. The van der Waals surface area contributed by atoms with E-state index in [-0.39, 0.29) is 12.0 Å². The minimum atomic E-state index is -0.508. The molecule has 2 aromatic rings. The predicted molar refractivity (Wildman–Crippen MR) is 107 cm³/mol. The van der Waals surface area contributed by atoms with E-state index < -0.39 is 5.60 Å². The lowest BCUT2D eigenvalue weighted by Gasteiger charge is -2.37. The quantitative estimate of drug-likeness (QED) is 0.778. The van der Waals surface area contributed by atoms with Crippen LogP contribution in [0.2, 0.25) is 0 Å². The second-order valence-corrected chi connectivity index (χ2v) is 7.68. The van der Waals surface area contributed by atoms with Crippen LogP contribution in [0, 0.1) is 6.92 Å². The first-order chi connectivity index (χ1) is 14.0. The molecule has 1 aromatic carbocycles. The molecule has 0 bridgehead atoms. The van der Waals surface area contributed by atoms with Gasteiger partial charge in [0, 0.05) is 38.3 Å². The molecule has 2 aliphatic rings. The Morgan fingerprint density at radius 1 is 1.21 bits per heavy atom. The number of likely N-dealkylation sites (tertiary alicyclic amines) is 1. The molecule has 0 unspecified atom stereocenters. The standard InChI is InChI=1S/C22H25N3O4/c1-17-13-18(15-23-14-17)20(26)24-9-7-22(8-10-24)16-25(21(27)29-22)11-12-28-19-5-3-2-4-6-19/h2-6,13-15H,7-12,16H2,1H3. The number of hydrogen-bond acceptors (Lipinski definition) is 5. The van der Waals surface area contributed by atoms with Gasteiger partial charge in [0.2, 0.25) is 0 Å². The predicted octanol–water partition coefficient (Wildman–Crippen LogP) is 2.90. The van der Waals surface area contributed by atoms with E-state index in [1.54, 1.807) is 17.3 Å². The molecule has 1 spiro atoms. The highest BCUT2D eigenvalue weighted by Gasteiger charge is 2.47. The number of rotatable bonds is 5. The number of carbonyl (C=O) groups excluding carboxylic acids is 2. The van der Waals surface area contributed by atoms with Crippen molar-refractivity contribution in [1.82, 2.24) is 14.8 Å². The van der Waals surface area contributed by atoms with Gasteiger partial charge in [-0.15, -0.1) is 0 Å². The van der Waals surface area contributed by atoms with Crippen molar-refractivity contribution in [2.75, 3.05) is 32.8 Å². The number of pyridine rings is 1. The minimum Gasteiger partial charge on any atom is -0.492 e. The van der Waals surface area contributed by atoms with Crippen LogP contribution < -0.4 is 4.74 Å². The van der Waals surface area contributed by atoms with E-state index in [4.69, 9.17) is 9.47 Å². The van der Waals surface area contributed by atoms with Crippen molar-refractivity contribution in [3.05, 3.63) is 59.9 Å². The van der Waals surface area contributed by atoms with Crippen molar-refractivity contribution < 1.29 is 19.1 Å². The maximum atomic E-state index is 12.7. The molecule has 7 nitrogen and oxygen atoms in total. The molecule has 2 fully saturated rings. The van der Waals surface area contributed by atoms with Crippen LogP contribution >= 0.6 is 0 Å². The second-order valence-electron chi connectivity index (χ2n) is 7.68. The maximum absolute atomic E-state index is 12.7. The third kappa shape index (κ3) is 4.34. The second kappa shape index (κ2) is 8.11. The Morgan fingerprint density at radius 3 is 2.69 bits per heavy atom. The summed E-state index contributed by atoms with van der Waals surface area (Å²) < 4.78 is 11.4. The Bertz CT molecular complexity index is 879. The summed E-state index contributed by atoms with van der Waals surface area (Å²) in [6.07, 6.45) is 4.31. The van der Waals surface area contributed by atoms with Crippen LogP contribution in [-0.4, -0.2) is 65.2 Å². The lowest BCUT2D eigenvalue weighted by Crippen LogP contribution is -2.48. The molecular formula is C22H25N3O4. The summed E-state index contributed by atoms with van der Waals surface area (Å²) in [4.78, 5) is 32.7. The Kier molecular flexibility index (Phi) is 5.38. The Morgan fingerprint density at radius 2 is 1.97 bits per heavy atom. The minimum absolute atomic E-state index is 0.0199. The van der Waals surface area contributed by atoms with Gasteiger partial charge < -0.3 is 19.3 Å². The SMILES string of the molecule is Cc1cncc(C(=O)N2CCC3(CC2)CN(CCOc2ccccc2)C(=O)O3)c1. The normalized spacial score (nSPS) is 18.0. The number of benzene rings is 1. The molecule has 0 atom stereocenters. The van der Waals surface area contributed by atoms with Gasteiger partial charge in [-0.25, -0.2) is 4.79 Å². The first-order valence-electron chi connectivity index (χ1n) is 9.91. The molecule has 2 amide bonds. The summed E-state index contributed by atoms with van der Waals surface area (Å²) in [5.74, 6) is 0.765. The summed E-state index contributed by atoms with van der Waals surface area (Å²) in [7, 11) is 0. The fraction of sp³-hybridized carbons (Fsp3) is 0.409. The highest BCUT2D eigenvalue weighted by Crippen LogP contribution is 2.33. The zero-order chi connectivity index (χ0) is 20.3. The lowest BCUT2D eigenvalue weighted by molar-refractivity contribution is 0.00311. The van der Waals surface area contributed by atoms with Gasteiger partial charge in [-0.3, -0.25) is 9.78 Å². The highest BCUT2D eigenvalue weighted by molar-refractivity contribution is 5.94. The van der Waals surface area contributed by atoms with Crippen LogP contribution in [-0.2, 0) is 4.74 Å². The van der Waals surface area contributed by atoms with Crippen molar-refractivity contribution in [2.24, 2.45) is 0 Å². The highest BCUT2D eigenvalue weighted by atomic mass is 16.6. The van der Waals surface area contributed by atoms with Crippen LogP contribution in [0.4, 0.5) is 4.79 Å². The number of carbonyl (C=O) groups is 2. The third-order valence-corrected chi connectivity index (χ3v) is 5.50. The van der Waals surface area contributed by atoms with Crippen molar-refractivity contribution >= 4 is 12.0 Å². The van der Waals surface area contributed by atoms with Gasteiger partial charge in [-0.05, 0) is 30.7 Å². The molecule has 3 heterocycles. The van der Waals surface area contributed by atoms with E-state index in [1.165, 1.54) is 0 Å². The number of piperidine rings is 1. The van der Waals surface area contributed by atoms with Gasteiger partial charge in [-0.2, -0.15) is 0 Å². The molecule has 0 radical (unpaired) electrons. The van der Waals surface area contributed by atoms with E-state index in [9.17, 15) is 9.59 Å². The molecule has 0 aliphatic carbocycles. The van der Waals surface area contributed by atoms with Gasteiger partial charge in [-0.1, -0.05) is 18.2 Å². The number of aromatic nitrogens is 1. The molecule has 152 valence electrons. The zero-order valence-corrected chi connectivity index (χ0v) is 16.5. The molecule has 4 rings (SSSR count). The first-order valence-corrected chi connectivity index (χ1v) is 9.91. The maximum Gasteiger partial charge on any atom is 0.410 e. The Labute approximate surface area is 170 Å². The van der Waals surface area contributed by atoms with Crippen molar-refractivity contribution in [1.29, 1.82) is 0 Å². The fourth-order valence-electron chi connectivity index (χ4n) is 3.89. The lowest BCUT2D eigenvalue weighted by atomic mass is 9.91. The molecule has 2 saturated heterocycles. The molecule has 0 N–H and O–H groups in total. The van der Waals surface area contributed by atoms with Gasteiger partial charge >= 0.3 is 6.09 Å². The fourth-order valence-corrected chi connectivity index (χ4v) is 3.89. The number of ether oxygens (including phenoxy) is 2. The third-order valence-electron chi connectivity index (χ3n) is 5.50. The van der Waals surface area contributed by atoms with E-state index in [2.05, 4.69) is 4.98 Å². The Hall–Kier alpha value is -3.09. The molecular weight excluding hydrogens is 370 g/mol. The molecule has 1 aromatic heterocycles. The van der Waals surface area contributed by atoms with Gasteiger partial charge in [0.05, 0.1) is 18.7 Å². The van der Waals surface area contributed by atoms with Crippen LogP contribution in [0.15, 0.2) is 48.8 Å². The Balaban J connectivity index is 1.29. The van der Waals surface area contributed by atoms with Crippen LogP contribution in [0.5, 0.6) is 5.75 Å². The number of amides is 2. The van der Waals surface area contributed by atoms with E-state index in [0.717, 1.165) is 11.3 Å². The van der Waals surface area contributed by atoms with Crippen LogP contribution in [0.1, 0.15) is 28.8 Å². The number of para-hydroxylation sites is 1. The number of nitrogens with zero attached hydrogens (tertiary/aromatic N) is 3. The molecule has 0 saturated carbocycles. The first kappa shape index (κ1) is 19.2. The largest absolute Gasteiger partial charge is 0.492 e. The van der Waals surface area contributed by atoms with Crippen LogP contribution in [0.3, 0.4) is 0 Å². The average molecular weight is 395 g/mol. The van der Waals surface area contributed by atoms with Gasteiger partial charge in [0.25, 0.3) is 5.91 Å². The van der Waals surface area contributed by atoms with Crippen molar-refractivity contribution in [2.45, 2.75) is 25.4 Å². The number of hydrogen-bond donors (Lipinski definition) is 0. The molecule has 7 heteroatoms. The van der Waals surface area contributed by atoms with E-state index >= 15 is 0 Å². The van der Waals surface area contributed by atoms with Crippen LogP contribution in [0.25, 0.3) is 0 Å². The van der Waals surface area contributed by atoms with E-state index in [0.29, 0.717) is 51.2 Å². The summed E-state index contributed by atoms with van der Waals surface area (Å²) in [6, 6.07) is 11.4. The number of aryl methyl sites for hydroxylation is 1. The average Bonchev–Trinajstić information content (AvgIpc) is 3.03. The smallest absolute Gasteiger partial charge is 0.410 e.